The van der Waals surface area contributed by atoms with Gasteiger partial charge in [-0.25, -0.2) is 4.98 Å². The smallest absolute Gasteiger partial charge is 0.0979 e. The van der Waals surface area contributed by atoms with Crippen LogP contribution in [0.5, 0.6) is 0 Å². The van der Waals surface area contributed by atoms with Crippen LogP contribution in [0.1, 0.15) is 0 Å². The third kappa shape index (κ3) is 5.98. The van der Waals surface area contributed by atoms with Crippen LogP contribution in [0.2, 0.25) is 0 Å². The van der Waals surface area contributed by atoms with E-state index in [0.717, 1.165) is 44.2 Å². The van der Waals surface area contributed by atoms with E-state index in [1.165, 1.54) is 71.6 Å². The van der Waals surface area contributed by atoms with Crippen molar-refractivity contribution in [2.45, 2.75) is 0 Å². The van der Waals surface area contributed by atoms with Crippen molar-refractivity contribution < 1.29 is 0 Å². The zero-order valence-corrected chi connectivity index (χ0v) is 33.2. The summed E-state index contributed by atoms with van der Waals surface area (Å²) < 4.78 is 2.36. The lowest BCUT2D eigenvalue weighted by Gasteiger charge is -2.12. The summed E-state index contributed by atoms with van der Waals surface area (Å²) in [6.07, 6.45) is 1.92. The molecule has 0 aliphatic carbocycles. The Hall–Kier alpha value is -8.14. The van der Waals surface area contributed by atoms with Gasteiger partial charge in [0.05, 0.1) is 34.0 Å². The molecule has 284 valence electrons. The van der Waals surface area contributed by atoms with Gasteiger partial charge in [-0.1, -0.05) is 170 Å². The Balaban J connectivity index is 0.843. The van der Waals surface area contributed by atoms with E-state index in [9.17, 15) is 0 Å². The van der Waals surface area contributed by atoms with E-state index in [0.29, 0.717) is 0 Å². The number of rotatable bonds is 6. The fourth-order valence-corrected chi connectivity index (χ4v) is 9.24. The Kier molecular flexibility index (Phi) is 8.17. The van der Waals surface area contributed by atoms with E-state index >= 15 is 0 Å². The molecule has 10 aromatic carbocycles. The normalized spacial score (nSPS) is 11.6. The Labute approximate surface area is 353 Å². The third-order valence-electron chi connectivity index (χ3n) is 12.2. The summed E-state index contributed by atoms with van der Waals surface area (Å²) in [5.74, 6) is 0. The first-order valence-corrected chi connectivity index (χ1v) is 20.8. The van der Waals surface area contributed by atoms with Gasteiger partial charge < -0.3 is 4.57 Å². The summed E-state index contributed by atoms with van der Waals surface area (Å²) in [4.78, 5) is 10.3. The molecule has 0 N–H and O–H groups in total. The van der Waals surface area contributed by atoms with E-state index in [1.807, 2.05) is 6.20 Å². The van der Waals surface area contributed by atoms with Crippen molar-refractivity contribution in [3.8, 4) is 61.5 Å². The molecule has 0 radical (unpaired) electrons. The molecule has 61 heavy (non-hydrogen) atoms. The molecule has 0 saturated carbocycles. The molecule has 2 aromatic heterocycles. The fraction of sp³-hybridized carbons (Fsp3) is 0. The standard InChI is InChI=1S/C58H37N3/c1-2-19-47(20-3-1)61-55-26-9-8-23-50(55)53-36-45(31-32-56(53)61)39-29-27-38(28-30-39)40-13-10-14-41(33-40)42-15-11-16-43(34-42)44-17-12-18-46(35-44)54-37-59-57-51-24-6-4-21-48(51)49-22-5-7-25-52(49)58(57)60-54/h1-37H. The number of aromatic nitrogens is 3. The minimum Gasteiger partial charge on any atom is -0.309 e. The predicted molar refractivity (Wildman–Crippen MR) is 256 cm³/mol. The Morgan fingerprint density at radius 1 is 0.279 bits per heavy atom. The second-order valence-electron chi connectivity index (χ2n) is 15.8. The van der Waals surface area contributed by atoms with Crippen molar-refractivity contribution >= 4 is 54.4 Å². The maximum absolute atomic E-state index is 5.26. The topological polar surface area (TPSA) is 30.7 Å². The molecule has 0 atom stereocenters. The fourth-order valence-electron chi connectivity index (χ4n) is 9.24. The van der Waals surface area contributed by atoms with E-state index in [1.54, 1.807) is 0 Å². The highest BCUT2D eigenvalue weighted by Gasteiger charge is 2.15. The monoisotopic (exact) mass is 775 g/mol. The molecule has 0 saturated heterocycles. The largest absolute Gasteiger partial charge is 0.309 e. The lowest BCUT2D eigenvalue weighted by molar-refractivity contribution is 1.18. The Morgan fingerprint density at radius 2 is 0.721 bits per heavy atom. The zero-order valence-electron chi connectivity index (χ0n) is 33.2. The van der Waals surface area contributed by atoms with Gasteiger partial charge in [0.2, 0.25) is 0 Å². The number of hydrogen-bond acceptors (Lipinski definition) is 2. The van der Waals surface area contributed by atoms with Gasteiger partial charge in [-0.15, -0.1) is 0 Å². The van der Waals surface area contributed by atoms with Crippen LogP contribution in [0.25, 0.3) is 116 Å². The van der Waals surface area contributed by atoms with Crippen molar-refractivity contribution in [1.29, 1.82) is 0 Å². The van der Waals surface area contributed by atoms with Crippen LogP contribution in [-0.4, -0.2) is 14.5 Å². The maximum atomic E-state index is 5.26. The van der Waals surface area contributed by atoms with E-state index in [4.69, 9.17) is 9.97 Å². The first kappa shape index (κ1) is 34.9. The molecular weight excluding hydrogens is 739 g/mol. The molecule has 12 rings (SSSR count). The summed E-state index contributed by atoms with van der Waals surface area (Å²) in [5, 5.41) is 7.16. The van der Waals surface area contributed by atoms with Crippen LogP contribution in [0.15, 0.2) is 225 Å². The van der Waals surface area contributed by atoms with Gasteiger partial charge in [-0.05, 0) is 104 Å². The quantitative estimate of drug-likeness (QED) is 0.158. The minimum atomic E-state index is 0.862. The number of benzene rings is 10. The van der Waals surface area contributed by atoms with Gasteiger partial charge >= 0.3 is 0 Å². The third-order valence-corrected chi connectivity index (χ3v) is 12.2. The van der Waals surface area contributed by atoms with Gasteiger partial charge in [0.25, 0.3) is 0 Å². The van der Waals surface area contributed by atoms with E-state index in [-0.39, 0.29) is 0 Å². The van der Waals surface area contributed by atoms with Gasteiger partial charge in [0.1, 0.15) is 0 Å². The molecule has 0 bridgehead atoms. The molecule has 3 heteroatoms. The van der Waals surface area contributed by atoms with Crippen LogP contribution in [-0.2, 0) is 0 Å². The SMILES string of the molecule is c1ccc(-n2c3ccccc3c3cc(-c4ccc(-c5cccc(-c6cccc(-c7cccc(-c8cnc9c%10ccccc%10c%10ccccc%10c9n8)c7)c6)c5)cc4)ccc32)cc1. The highest BCUT2D eigenvalue weighted by atomic mass is 15.0. The summed E-state index contributed by atoms with van der Waals surface area (Å²) in [7, 11) is 0. The maximum Gasteiger partial charge on any atom is 0.0979 e. The molecule has 0 amide bonds. The zero-order chi connectivity index (χ0) is 40.3. The van der Waals surface area contributed by atoms with Gasteiger partial charge in [0, 0.05) is 32.8 Å². The first-order valence-electron chi connectivity index (χ1n) is 20.8. The van der Waals surface area contributed by atoms with Crippen LogP contribution in [0, 0.1) is 0 Å². The van der Waals surface area contributed by atoms with Gasteiger partial charge in [-0.2, -0.15) is 0 Å². The molecule has 2 heterocycles. The second-order valence-corrected chi connectivity index (χ2v) is 15.8. The van der Waals surface area contributed by atoms with Crippen molar-refractivity contribution in [1.82, 2.24) is 14.5 Å². The van der Waals surface area contributed by atoms with Crippen LogP contribution >= 0.6 is 0 Å². The molecule has 0 unspecified atom stereocenters. The highest BCUT2D eigenvalue weighted by molar-refractivity contribution is 6.23. The number of para-hydroxylation sites is 2. The summed E-state index contributed by atoms with van der Waals surface area (Å²) in [5.41, 5.74) is 16.8. The number of fused-ring (bicyclic) bond motifs is 9. The average Bonchev–Trinajstić information content (AvgIpc) is 3.68. The van der Waals surface area contributed by atoms with Gasteiger partial charge in [-0.3, -0.25) is 4.98 Å². The molecule has 0 aliphatic heterocycles. The Morgan fingerprint density at radius 3 is 1.34 bits per heavy atom. The van der Waals surface area contributed by atoms with E-state index < -0.39 is 0 Å². The first-order chi connectivity index (χ1) is 30.2. The second kappa shape index (κ2) is 14.3. The molecule has 3 nitrogen and oxygen atoms in total. The molecule has 12 aromatic rings. The summed E-state index contributed by atoms with van der Waals surface area (Å²) >= 11 is 0. The molecule has 0 aliphatic rings. The average molecular weight is 776 g/mol. The molecular formula is C58H37N3. The van der Waals surface area contributed by atoms with Crippen LogP contribution < -0.4 is 0 Å². The molecule has 0 spiro atoms. The minimum absolute atomic E-state index is 0.862. The predicted octanol–water partition coefficient (Wildman–Crippen LogP) is 15.4. The van der Waals surface area contributed by atoms with Crippen molar-refractivity contribution in [3.05, 3.63) is 225 Å². The van der Waals surface area contributed by atoms with Crippen molar-refractivity contribution in [2.24, 2.45) is 0 Å². The van der Waals surface area contributed by atoms with Crippen molar-refractivity contribution in [3.63, 3.8) is 0 Å². The lowest BCUT2D eigenvalue weighted by atomic mass is 9.94. The molecule has 0 fully saturated rings. The lowest BCUT2D eigenvalue weighted by Crippen LogP contribution is -1.92. The Bertz CT molecular complexity index is 3600. The van der Waals surface area contributed by atoms with Crippen LogP contribution in [0.3, 0.4) is 0 Å². The van der Waals surface area contributed by atoms with Gasteiger partial charge in [0.15, 0.2) is 0 Å². The number of nitrogens with zero attached hydrogens (tertiary/aromatic N) is 3. The van der Waals surface area contributed by atoms with Crippen LogP contribution in [0.4, 0.5) is 0 Å². The van der Waals surface area contributed by atoms with E-state index in [2.05, 4.69) is 223 Å². The van der Waals surface area contributed by atoms with Crippen molar-refractivity contribution in [2.75, 3.05) is 0 Å². The number of hydrogen-bond donors (Lipinski definition) is 0. The summed E-state index contributed by atoms with van der Waals surface area (Å²) in [6, 6.07) is 78.5. The highest BCUT2D eigenvalue weighted by Crippen LogP contribution is 2.38. The summed E-state index contributed by atoms with van der Waals surface area (Å²) in [6.45, 7) is 0.